The quantitative estimate of drug-likeness (QED) is 0.746. The molecule has 0 bridgehead atoms. The first-order valence-electron chi connectivity index (χ1n) is 6.42. The third kappa shape index (κ3) is 5.30. The second-order valence-corrected chi connectivity index (χ2v) is 5.19. The molecule has 6 nitrogen and oxygen atoms in total. The second kappa shape index (κ2) is 7.13. The van der Waals surface area contributed by atoms with Crippen molar-refractivity contribution in [3.63, 3.8) is 0 Å². The predicted molar refractivity (Wildman–Crippen MR) is 75.7 cm³/mol. The molecule has 0 atom stereocenters. The van der Waals surface area contributed by atoms with Crippen LogP contribution in [0.3, 0.4) is 0 Å². The topological polar surface area (TPSA) is 82.3 Å². The Hall–Kier alpha value is -1.56. The Morgan fingerprint density at radius 1 is 1.21 bits per heavy atom. The third-order valence-corrected chi connectivity index (χ3v) is 2.88. The van der Waals surface area contributed by atoms with E-state index >= 15 is 0 Å². The van der Waals surface area contributed by atoms with E-state index in [2.05, 4.69) is 29.1 Å². The smallest absolute Gasteiger partial charge is 0.229 e. The van der Waals surface area contributed by atoms with Crippen molar-refractivity contribution in [3.05, 3.63) is 6.07 Å². The third-order valence-electron chi connectivity index (χ3n) is 2.88. The van der Waals surface area contributed by atoms with Gasteiger partial charge in [-0.05, 0) is 24.8 Å². The molecule has 0 saturated heterocycles. The van der Waals surface area contributed by atoms with Crippen molar-refractivity contribution in [2.24, 2.45) is 11.1 Å². The fourth-order valence-corrected chi connectivity index (χ4v) is 1.68. The molecule has 0 spiro atoms. The maximum atomic E-state index is 5.54. The van der Waals surface area contributed by atoms with Gasteiger partial charge in [-0.1, -0.05) is 13.8 Å². The van der Waals surface area contributed by atoms with Crippen LogP contribution in [0.4, 0.5) is 5.95 Å². The van der Waals surface area contributed by atoms with Crippen LogP contribution in [0.5, 0.6) is 11.8 Å². The molecule has 1 aromatic heterocycles. The van der Waals surface area contributed by atoms with Gasteiger partial charge in [0.25, 0.3) is 0 Å². The van der Waals surface area contributed by atoms with Gasteiger partial charge in [-0.3, -0.25) is 0 Å². The number of nitrogens with zero attached hydrogens (tertiary/aromatic N) is 2. The first kappa shape index (κ1) is 15.5. The SMILES string of the molecule is COc1cc(OC)nc(NCC(C)(C)CCCN)n1. The molecule has 0 aliphatic rings. The van der Waals surface area contributed by atoms with Gasteiger partial charge in [0, 0.05) is 6.54 Å². The van der Waals surface area contributed by atoms with Crippen molar-refractivity contribution in [2.75, 3.05) is 32.6 Å². The van der Waals surface area contributed by atoms with Crippen LogP contribution >= 0.6 is 0 Å². The summed E-state index contributed by atoms with van der Waals surface area (Å²) in [7, 11) is 3.13. The number of methoxy groups -OCH3 is 2. The van der Waals surface area contributed by atoms with Crippen molar-refractivity contribution in [1.29, 1.82) is 0 Å². The number of aromatic nitrogens is 2. The summed E-state index contributed by atoms with van der Waals surface area (Å²) in [6, 6.07) is 1.64. The summed E-state index contributed by atoms with van der Waals surface area (Å²) in [6.07, 6.45) is 2.06. The Balaban J connectivity index is 2.66. The molecule has 0 radical (unpaired) electrons. The van der Waals surface area contributed by atoms with Crippen LogP contribution in [0.25, 0.3) is 0 Å². The lowest BCUT2D eigenvalue weighted by Crippen LogP contribution is -2.25. The molecule has 0 unspecified atom stereocenters. The van der Waals surface area contributed by atoms with E-state index in [0.29, 0.717) is 24.3 Å². The minimum absolute atomic E-state index is 0.138. The molecular weight excluding hydrogens is 244 g/mol. The minimum atomic E-state index is 0.138. The van der Waals surface area contributed by atoms with E-state index in [9.17, 15) is 0 Å². The van der Waals surface area contributed by atoms with E-state index in [1.54, 1.807) is 20.3 Å². The standard InChI is InChI=1S/C13H24N4O2/c1-13(2,6-5-7-14)9-15-12-16-10(18-3)8-11(17-12)19-4/h8H,5-7,9,14H2,1-4H3,(H,15,16,17). The zero-order chi connectivity index (χ0) is 14.3. The van der Waals surface area contributed by atoms with E-state index in [4.69, 9.17) is 15.2 Å². The fraction of sp³-hybridized carbons (Fsp3) is 0.692. The molecule has 0 fully saturated rings. The number of hydrogen-bond donors (Lipinski definition) is 2. The summed E-state index contributed by atoms with van der Waals surface area (Å²) in [5.74, 6) is 1.47. The van der Waals surface area contributed by atoms with Gasteiger partial charge in [0.05, 0.1) is 20.3 Å². The molecule has 6 heteroatoms. The number of rotatable bonds is 8. The summed E-state index contributed by atoms with van der Waals surface area (Å²) in [5, 5.41) is 3.22. The highest BCUT2D eigenvalue weighted by Gasteiger charge is 2.17. The second-order valence-electron chi connectivity index (χ2n) is 5.19. The number of anilines is 1. The van der Waals surface area contributed by atoms with Gasteiger partial charge in [0.2, 0.25) is 17.7 Å². The lowest BCUT2D eigenvalue weighted by molar-refractivity contribution is 0.347. The average molecular weight is 268 g/mol. The Morgan fingerprint density at radius 3 is 2.26 bits per heavy atom. The molecule has 19 heavy (non-hydrogen) atoms. The Morgan fingerprint density at radius 2 is 1.79 bits per heavy atom. The lowest BCUT2D eigenvalue weighted by atomic mass is 9.88. The minimum Gasteiger partial charge on any atom is -0.481 e. The van der Waals surface area contributed by atoms with Gasteiger partial charge >= 0.3 is 0 Å². The molecule has 1 heterocycles. The molecule has 0 aromatic carbocycles. The van der Waals surface area contributed by atoms with Crippen LogP contribution in [0.15, 0.2) is 6.07 Å². The van der Waals surface area contributed by atoms with Crippen LogP contribution in [-0.2, 0) is 0 Å². The average Bonchev–Trinajstić information content (AvgIpc) is 2.42. The zero-order valence-corrected chi connectivity index (χ0v) is 12.2. The van der Waals surface area contributed by atoms with Gasteiger partial charge in [-0.2, -0.15) is 9.97 Å². The van der Waals surface area contributed by atoms with Crippen molar-refractivity contribution in [3.8, 4) is 11.8 Å². The highest BCUT2D eigenvalue weighted by atomic mass is 16.5. The molecule has 1 aromatic rings. The highest BCUT2D eigenvalue weighted by Crippen LogP contribution is 2.23. The molecule has 108 valence electrons. The molecule has 0 aliphatic carbocycles. The van der Waals surface area contributed by atoms with Crippen molar-refractivity contribution in [1.82, 2.24) is 9.97 Å². The number of nitrogens with two attached hydrogens (primary N) is 1. The number of hydrogen-bond acceptors (Lipinski definition) is 6. The summed E-state index contributed by atoms with van der Waals surface area (Å²) >= 11 is 0. The lowest BCUT2D eigenvalue weighted by Gasteiger charge is -2.24. The summed E-state index contributed by atoms with van der Waals surface area (Å²) in [5.41, 5.74) is 5.68. The van der Waals surface area contributed by atoms with Crippen LogP contribution in [0.1, 0.15) is 26.7 Å². The van der Waals surface area contributed by atoms with E-state index in [1.807, 2.05) is 0 Å². The molecule has 1 rings (SSSR count). The largest absolute Gasteiger partial charge is 0.481 e. The van der Waals surface area contributed by atoms with Gasteiger partial charge in [0.1, 0.15) is 0 Å². The maximum absolute atomic E-state index is 5.54. The predicted octanol–water partition coefficient (Wildman–Crippen LogP) is 1.67. The molecule has 0 saturated carbocycles. The normalized spacial score (nSPS) is 11.2. The molecule has 0 aliphatic heterocycles. The van der Waals surface area contributed by atoms with E-state index < -0.39 is 0 Å². The fourth-order valence-electron chi connectivity index (χ4n) is 1.68. The molecular formula is C13H24N4O2. The van der Waals surface area contributed by atoms with Crippen LogP contribution in [-0.4, -0.2) is 37.3 Å². The summed E-state index contributed by atoms with van der Waals surface area (Å²) in [6.45, 7) is 5.86. The van der Waals surface area contributed by atoms with Crippen molar-refractivity contribution >= 4 is 5.95 Å². The highest BCUT2D eigenvalue weighted by molar-refractivity contribution is 5.33. The van der Waals surface area contributed by atoms with Crippen LogP contribution in [0.2, 0.25) is 0 Å². The summed E-state index contributed by atoms with van der Waals surface area (Å²) in [4.78, 5) is 8.47. The number of nitrogens with one attached hydrogen (secondary N) is 1. The molecule has 0 amide bonds. The van der Waals surface area contributed by atoms with Gasteiger partial charge < -0.3 is 20.5 Å². The Kier molecular flexibility index (Phi) is 5.82. The number of ether oxygens (including phenoxy) is 2. The first-order valence-corrected chi connectivity index (χ1v) is 6.42. The molecule has 3 N–H and O–H groups in total. The van der Waals surface area contributed by atoms with Crippen molar-refractivity contribution in [2.45, 2.75) is 26.7 Å². The maximum Gasteiger partial charge on any atom is 0.229 e. The van der Waals surface area contributed by atoms with Gasteiger partial charge in [-0.15, -0.1) is 0 Å². The van der Waals surface area contributed by atoms with Gasteiger partial charge in [0.15, 0.2) is 0 Å². The Bertz CT molecular complexity index is 374. The van der Waals surface area contributed by atoms with E-state index in [1.165, 1.54) is 0 Å². The van der Waals surface area contributed by atoms with Crippen LogP contribution in [0, 0.1) is 5.41 Å². The monoisotopic (exact) mass is 268 g/mol. The summed E-state index contributed by atoms with van der Waals surface area (Å²) < 4.78 is 10.2. The zero-order valence-electron chi connectivity index (χ0n) is 12.2. The first-order chi connectivity index (χ1) is 9.00. The van der Waals surface area contributed by atoms with E-state index in [0.717, 1.165) is 19.4 Å². The van der Waals surface area contributed by atoms with Gasteiger partial charge in [-0.25, -0.2) is 0 Å². The Labute approximate surface area is 114 Å². The van der Waals surface area contributed by atoms with E-state index in [-0.39, 0.29) is 5.41 Å². The van der Waals surface area contributed by atoms with Crippen LogP contribution < -0.4 is 20.5 Å². The van der Waals surface area contributed by atoms with Crippen molar-refractivity contribution < 1.29 is 9.47 Å².